The lowest BCUT2D eigenvalue weighted by molar-refractivity contribution is 0.407. The molecule has 0 N–H and O–H groups in total. The molecule has 0 atom stereocenters. The Labute approximate surface area is 135 Å². The summed E-state index contributed by atoms with van der Waals surface area (Å²) in [6.45, 7) is 3.27. The summed E-state index contributed by atoms with van der Waals surface area (Å²) in [7, 11) is 2.88. The maximum atomic E-state index is 14.3. The van der Waals surface area contributed by atoms with Crippen molar-refractivity contribution >= 4 is 21.5 Å². The summed E-state index contributed by atoms with van der Waals surface area (Å²) >= 11 is 0. The van der Waals surface area contributed by atoms with E-state index in [4.69, 9.17) is 9.47 Å². The Morgan fingerprint density at radius 2 is 1.33 bits per heavy atom. The van der Waals surface area contributed by atoms with Gasteiger partial charge in [-0.3, -0.25) is 0 Å². The maximum Gasteiger partial charge on any atom is 0.198 e. The number of rotatable bonds is 2. The molecule has 0 aliphatic rings. The predicted molar refractivity (Wildman–Crippen MR) is 83.9 cm³/mol. The molecule has 3 aromatic rings. The van der Waals surface area contributed by atoms with Crippen LogP contribution in [0.3, 0.4) is 0 Å². The molecule has 3 rings (SSSR count). The van der Waals surface area contributed by atoms with Crippen LogP contribution in [-0.2, 0) is 0 Å². The van der Waals surface area contributed by atoms with Gasteiger partial charge in [-0.25, -0.2) is 17.6 Å². The van der Waals surface area contributed by atoms with Gasteiger partial charge >= 0.3 is 0 Å². The van der Waals surface area contributed by atoms with Gasteiger partial charge < -0.3 is 9.47 Å². The van der Waals surface area contributed by atoms with Crippen molar-refractivity contribution in [2.45, 2.75) is 13.8 Å². The number of fused-ring (bicyclic) bond motifs is 2. The minimum Gasteiger partial charge on any atom is -0.496 e. The van der Waals surface area contributed by atoms with Crippen LogP contribution < -0.4 is 9.47 Å². The van der Waals surface area contributed by atoms with Crippen LogP contribution in [0.4, 0.5) is 17.6 Å². The predicted octanol–water partition coefficient (Wildman–Crippen LogP) is 5.18. The molecular formula is C18H14F4O2. The Morgan fingerprint density at radius 1 is 0.708 bits per heavy atom. The van der Waals surface area contributed by atoms with E-state index in [0.29, 0.717) is 27.8 Å². The maximum absolute atomic E-state index is 14.3. The Bertz CT molecular complexity index is 996. The number of methoxy groups -OCH3 is 2. The van der Waals surface area contributed by atoms with E-state index in [2.05, 4.69) is 0 Å². The van der Waals surface area contributed by atoms with Crippen LogP contribution in [0, 0.1) is 37.1 Å². The van der Waals surface area contributed by atoms with Gasteiger partial charge in [0.25, 0.3) is 0 Å². The second-order valence-electron chi connectivity index (χ2n) is 5.53. The highest BCUT2D eigenvalue weighted by Gasteiger charge is 2.25. The van der Waals surface area contributed by atoms with Crippen LogP contribution in [0.25, 0.3) is 21.5 Å². The highest BCUT2D eigenvalue weighted by atomic mass is 19.2. The largest absolute Gasteiger partial charge is 0.496 e. The molecule has 0 fully saturated rings. The zero-order valence-corrected chi connectivity index (χ0v) is 13.5. The van der Waals surface area contributed by atoms with Crippen molar-refractivity contribution in [3.63, 3.8) is 0 Å². The first-order chi connectivity index (χ1) is 11.3. The molecule has 6 heteroatoms. The molecular weight excluding hydrogens is 324 g/mol. The monoisotopic (exact) mass is 338 g/mol. The second kappa shape index (κ2) is 5.54. The molecule has 0 aliphatic heterocycles. The fourth-order valence-electron chi connectivity index (χ4n) is 3.17. The average molecular weight is 338 g/mol. The third kappa shape index (κ3) is 2.02. The van der Waals surface area contributed by atoms with Crippen molar-refractivity contribution < 1.29 is 27.0 Å². The lowest BCUT2D eigenvalue weighted by atomic mass is 9.94. The second-order valence-corrected chi connectivity index (χ2v) is 5.53. The quantitative estimate of drug-likeness (QED) is 0.277. The number of halogens is 4. The molecule has 2 nitrogen and oxygen atoms in total. The minimum atomic E-state index is -1.84. The Morgan fingerprint density at radius 3 is 1.92 bits per heavy atom. The van der Waals surface area contributed by atoms with Crippen molar-refractivity contribution in [2.24, 2.45) is 0 Å². The van der Waals surface area contributed by atoms with E-state index in [0.717, 1.165) is 0 Å². The van der Waals surface area contributed by atoms with Gasteiger partial charge in [0.15, 0.2) is 23.3 Å². The topological polar surface area (TPSA) is 18.5 Å². The number of benzene rings is 3. The zero-order valence-electron chi connectivity index (χ0n) is 13.5. The molecule has 126 valence electrons. The van der Waals surface area contributed by atoms with E-state index in [1.807, 2.05) is 0 Å². The highest BCUT2D eigenvalue weighted by Crippen LogP contribution is 2.43. The molecule has 0 bridgehead atoms. The summed E-state index contributed by atoms with van der Waals surface area (Å²) in [5.74, 6) is -5.69. The smallest absolute Gasteiger partial charge is 0.198 e. The van der Waals surface area contributed by atoms with Crippen molar-refractivity contribution in [1.82, 2.24) is 0 Å². The summed E-state index contributed by atoms with van der Waals surface area (Å²) in [6, 6.07) is 2.95. The Kier molecular flexibility index (Phi) is 3.78. The summed E-state index contributed by atoms with van der Waals surface area (Å²) in [4.78, 5) is 0. The first-order valence-electron chi connectivity index (χ1n) is 7.14. The van der Waals surface area contributed by atoms with Gasteiger partial charge in [0.05, 0.1) is 14.2 Å². The van der Waals surface area contributed by atoms with E-state index in [-0.39, 0.29) is 16.3 Å². The standard InChI is InChI=1S/C18H14F4O2/c1-7-5-11(23-3)12-8(2)13-9(6-10(12)18(7)24-4)14(19)16(21)17(22)15(13)20/h5-6H,1-4H3. The first kappa shape index (κ1) is 16.4. The molecule has 0 spiro atoms. The molecule has 3 aromatic carbocycles. The molecule has 0 aliphatic carbocycles. The lowest BCUT2D eigenvalue weighted by Crippen LogP contribution is -2.02. The molecule has 0 saturated heterocycles. The average Bonchev–Trinajstić information content (AvgIpc) is 2.56. The molecule has 0 heterocycles. The summed E-state index contributed by atoms with van der Waals surface area (Å²) in [5, 5.41) is 0.228. The number of ether oxygens (including phenoxy) is 2. The van der Waals surface area contributed by atoms with Crippen LogP contribution in [0.1, 0.15) is 11.1 Å². The molecule has 0 saturated carbocycles. The summed E-state index contributed by atoms with van der Waals surface area (Å²) < 4.78 is 66.4. The van der Waals surface area contributed by atoms with Gasteiger partial charge in [-0.05, 0) is 37.1 Å². The lowest BCUT2D eigenvalue weighted by Gasteiger charge is -2.17. The van der Waals surface area contributed by atoms with Crippen molar-refractivity contribution in [1.29, 1.82) is 0 Å². The van der Waals surface area contributed by atoms with E-state index in [1.165, 1.54) is 27.2 Å². The number of hydrogen-bond acceptors (Lipinski definition) is 2. The van der Waals surface area contributed by atoms with Crippen LogP contribution in [0.15, 0.2) is 12.1 Å². The van der Waals surface area contributed by atoms with Gasteiger partial charge in [-0.15, -0.1) is 0 Å². The van der Waals surface area contributed by atoms with E-state index < -0.39 is 23.3 Å². The molecule has 0 aromatic heterocycles. The van der Waals surface area contributed by atoms with E-state index >= 15 is 0 Å². The zero-order chi connectivity index (χ0) is 17.8. The summed E-state index contributed by atoms with van der Waals surface area (Å²) in [6.07, 6.45) is 0. The summed E-state index contributed by atoms with van der Waals surface area (Å²) in [5.41, 5.74) is 0.956. The van der Waals surface area contributed by atoms with Crippen molar-refractivity contribution in [2.75, 3.05) is 14.2 Å². The first-order valence-corrected chi connectivity index (χ1v) is 7.14. The highest BCUT2D eigenvalue weighted by molar-refractivity contribution is 6.08. The molecule has 0 radical (unpaired) electrons. The number of hydrogen-bond donors (Lipinski definition) is 0. The fourth-order valence-corrected chi connectivity index (χ4v) is 3.17. The van der Waals surface area contributed by atoms with Gasteiger partial charge in [-0.2, -0.15) is 0 Å². The molecule has 24 heavy (non-hydrogen) atoms. The molecule has 0 amide bonds. The Hall–Kier alpha value is -2.50. The third-order valence-electron chi connectivity index (χ3n) is 4.23. The van der Waals surface area contributed by atoms with Gasteiger partial charge in [0.2, 0.25) is 0 Å². The fraction of sp³-hybridized carbons (Fsp3) is 0.222. The Balaban J connectivity index is 2.69. The van der Waals surface area contributed by atoms with E-state index in [1.54, 1.807) is 13.0 Å². The SMILES string of the molecule is COc1c(C)cc(OC)c2c(C)c3c(F)c(F)c(F)c(F)c3cc12. The third-order valence-corrected chi connectivity index (χ3v) is 4.23. The normalized spacial score (nSPS) is 11.3. The van der Waals surface area contributed by atoms with Gasteiger partial charge in [0.1, 0.15) is 11.5 Å². The van der Waals surface area contributed by atoms with Crippen LogP contribution in [0.2, 0.25) is 0 Å². The van der Waals surface area contributed by atoms with Crippen LogP contribution in [-0.4, -0.2) is 14.2 Å². The van der Waals surface area contributed by atoms with Crippen molar-refractivity contribution in [3.05, 3.63) is 46.5 Å². The van der Waals surface area contributed by atoms with E-state index in [9.17, 15) is 17.6 Å². The van der Waals surface area contributed by atoms with Crippen LogP contribution in [0.5, 0.6) is 11.5 Å². The van der Waals surface area contributed by atoms with Crippen molar-refractivity contribution in [3.8, 4) is 11.5 Å². The minimum absolute atomic E-state index is 0.243. The van der Waals surface area contributed by atoms with Crippen LogP contribution >= 0.6 is 0 Å². The van der Waals surface area contributed by atoms with Gasteiger partial charge in [-0.1, -0.05) is 0 Å². The molecule has 0 unspecified atom stereocenters. The van der Waals surface area contributed by atoms with Gasteiger partial charge in [0, 0.05) is 21.5 Å². The number of aryl methyl sites for hydroxylation is 2.